The molecule has 0 aliphatic heterocycles. The number of rotatable bonds is 0. The SMILES string of the molecule is Cc1c(Cl)c(O)c2c(O)c3c(O)cc(=O)c4c5c(=O)cc(O)c6c(O)c7c(O)c(Cl)c(C)c8c1c2c(c34)c(c78)c65. The highest BCUT2D eigenvalue weighted by atomic mass is 35.5. The molecule has 0 bridgehead atoms. The monoisotopic (exact) mass is 572 g/mol. The number of phenolic OH excluding ortho intramolecular Hbond substituents is 6. The van der Waals surface area contributed by atoms with Gasteiger partial charge in [0.1, 0.15) is 34.5 Å². The summed E-state index contributed by atoms with van der Waals surface area (Å²) in [5.41, 5.74) is -0.694. The number of phenols is 6. The first-order chi connectivity index (χ1) is 18.9. The second-order valence-corrected chi connectivity index (χ2v) is 11.1. The first-order valence-electron chi connectivity index (χ1n) is 12.0. The molecule has 6 N–H and O–H groups in total. The Kier molecular flexibility index (Phi) is 3.91. The van der Waals surface area contributed by atoms with Gasteiger partial charge in [-0.2, -0.15) is 0 Å². The summed E-state index contributed by atoms with van der Waals surface area (Å²) in [6.07, 6.45) is 0. The van der Waals surface area contributed by atoms with Gasteiger partial charge in [-0.05, 0) is 35.7 Å². The van der Waals surface area contributed by atoms with E-state index in [4.69, 9.17) is 23.2 Å². The molecule has 0 saturated heterocycles. The predicted octanol–water partition coefficient (Wildman–Crippen LogP) is 6.39. The zero-order valence-corrected chi connectivity index (χ0v) is 21.9. The fourth-order valence-corrected chi connectivity index (χ4v) is 7.39. The minimum atomic E-state index is -0.730. The van der Waals surface area contributed by atoms with Crippen molar-refractivity contribution in [3.05, 3.63) is 53.8 Å². The standard InChI is InChI=1S/C30H14Cl2O8/c1-5-11-12-6(2)26(32)30(40)24-18(12)22-20-14(8(34)4-10(36)16(20)28(24)38)13-7(33)3-9(35)15-19(13)21(22)17(11)23(27(15)37)29(39)25(5)31/h3-4,35-40H,1-2H3. The van der Waals surface area contributed by atoms with E-state index in [0.29, 0.717) is 21.9 Å². The molecule has 0 saturated carbocycles. The molecule has 0 aromatic heterocycles. The molecule has 8 aromatic rings. The van der Waals surface area contributed by atoms with Crippen LogP contribution in [-0.4, -0.2) is 30.6 Å². The number of aryl methyl sites for hydroxylation is 2. The molecule has 0 heterocycles. The second-order valence-electron chi connectivity index (χ2n) is 10.3. The molecule has 40 heavy (non-hydrogen) atoms. The van der Waals surface area contributed by atoms with E-state index in [2.05, 4.69) is 0 Å². The smallest absolute Gasteiger partial charge is 0.190 e. The predicted molar refractivity (Wildman–Crippen MR) is 156 cm³/mol. The molecule has 0 spiro atoms. The van der Waals surface area contributed by atoms with Gasteiger partial charge in [0, 0.05) is 55.2 Å². The molecule has 0 unspecified atom stereocenters. The Morgan fingerprint density at radius 2 is 0.725 bits per heavy atom. The van der Waals surface area contributed by atoms with Crippen molar-refractivity contribution < 1.29 is 30.6 Å². The van der Waals surface area contributed by atoms with Crippen LogP contribution in [0.1, 0.15) is 11.1 Å². The average Bonchev–Trinajstić information content (AvgIpc) is 2.89. The number of fused-ring (bicyclic) bond motifs is 2. The maximum absolute atomic E-state index is 13.5. The molecule has 0 aliphatic rings. The van der Waals surface area contributed by atoms with Crippen molar-refractivity contribution in [2.45, 2.75) is 13.8 Å². The van der Waals surface area contributed by atoms with E-state index >= 15 is 0 Å². The van der Waals surface area contributed by atoms with Crippen molar-refractivity contribution in [3.63, 3.8) is 0 Å². The van der Waals surface area contributed by atoms with Gasteiger partial charge in [-0.3, -0.25) is 9.59 Å². The van der Waals surface area contributed by atoms with Crippen molar-refractivity contribution in [2.24, 2.45) is 0 Å². The third-order valence-corrected chi connectivity index (χ3v) is 9.46. The van der Waals surface area contributed by atoms with E-state index in [1.165, 1.54) is 0 Å². The topological polar surface area (TPSA) is 156 Å². The van der Waals surface area contributed by atoms with Crippen LogP contribution in [0.5, 0.6) is 34.5 Å². The lowest BCUT2D eigenvalue weighted by atomic mass is 9.77. The largest absolute Gasteiger partial charge is 0.507 e. The highest BCUT2D eigenvalue weighted by Crippen LogP contribution is 2.61. The Morgan fingerprint density at radius 1 is 0.425 bits per heavy atom. The van der Waals surface area contributed by atoms with Crippen LogP contribution in [0, 0.1) is 13.8 Å². The van der Waals surface area contributed by atoms with Crippen LogP contribution in [0.25, 0.3) is 75.4 Å². The van der Waals surface area contributed by atoms with Gasteiger partial charge in [0.05, 0.1) is 31.6 Å². The lowest BCUT2D eigenvalue weighted by Gasteiger charge is -2.26. The first-order valence-corrected chi connectivity index (χ1v) is 12.8. The molecule has 0 amide bonds. The van der Waals surface area contributed by atoms with Crippen LogP contribution < -0.4 is 10.9 Å². The minimum Gasteiger partial charge on any atom is -0.507 e. The zero-order valence-electron chi connectivity index (χ0n) is 20.4. The Balaban J connectivity index is 2.05. The Hall–Kier alpha value is -4.66. The van der Waals surface area contributed by atoms with Gasteiger partial charge in [0.15, 0.2) is 10.9 Å². The summed E-state index contributed by atoms with van der Waals surface area (Å²) < 4.78 is 0. The van der Waals surface area contributed by atoms with Crippen LogP contribution in [0.4, 0.5) is 0 Å². The van der Waals surface area contributed by atoms with Gasteiger partial charge in [-0.15, -0.1) is 0 Å². The molecule has 8 nitrogen and oxygen atoms in total. The highest BCUT2D eigenvalue weighted by Gasteiger charge is 2.34. The molecular weight excluding hydrogens is 559 g/mol. The lowest BCUT2D eigenvalue weighted by Crippen LogP contribution is -2.10. The van der Waals surface area contributed by atoms with Gasteiger partial charge in [-0.25, -0.2) is 0 Å². The van der Waals surface area contributed by atoms with Crippen LogP contribution in [0.2, 0.25) is 10.0 Å². The van der Waals surface area contributed by atoms with Gasteiger partial charge >= 0.3 is 0 Å². The maximum Gasteiger partial charge on any atom is 0.190 e. The normalized spacial score (nSPS) is 12.8. The number of hydrogen-bond acceptors (Lipinski definition) is 8. The van der Waals surface area contributed by atoms with Gasteiger partial charge < -0.3 is 30.6 Å². The van der Waals surface area contributed by atoms with Gasteiger partial charge in [0.2, 0.25) is 0 Å². The van der Waals surface area contributed by atoms with E-state index in [9.17, 15) is 40.2 Å². The van der Waals surface area contributed by atoms with Crippen LogP contribution in [-0.2, 0) is 0 Å². The summed E-state index contributed by atoms with van der Waals surface area (Å²) in [6, 6.07) is 1.72. The van der Waals surface area contributed by atoms with E-state index in [-0.39, 0.29) is 74.7 Å². The van der Waals surface area contributed by atoms with Gasteiger partial charge in [0.25, 0.3) is 0 Å². The summed E-state index contributed by atoms with van der Waals surface area (Å²) in [4.78, 5) is 26.9. The van der Waals surface area contributed by atoms with Crippen LogP contribution in [0.3, 0.4) is 0 Å². The van der Waals surface area contributed by atoms with E-state index in [1.807, 2.05) is 0 Å². The summed E-state index contributed by atoms with van der Waals surface area (Å²) in [5, 5.41) is 68.3. The van der Waals surface area contributed by atoms with Crippen molar-refractivity contribution in [3.8, 4) is 34.5 Å². The fourth-order valence-electron chi connectivity index (χ4n) is 7.01. The second kappa shape index (κ2) is 6.72. The number of halogens is 2. The zero-order chi connectivity index (χ0) is 28.4. The summed E-state index contributed by atoms with van der Waals surface area (Å²) in [5.74, 6) is -3.22. The molecule has 196 valence electrons. The van der Waals surface area contributed by atoms with Crippen molar-refractivity contribution >= 4 is 98.6 Å². The van der Waals surface area contributed by atoms with Crippen molar-refractivity contribution in [2.75, 3.05) is 0 Å². The Labute approximate surface area is 231 Å². The number of benzene rings is 8. The Morgan fingerprint density at radius 3 is 1.07 bits per heavy atom. The molecule has 0 atom stereocenters. The van der Waals surface area contributed by atoms with E-state index in [0.717, 1.165) is 12.1 Å². The Bertz CT molecular complexity index is 2450. The maximum atomic E-state index is 13.5. The third-order valence-electron chi connectivity index (χ3n) is 8.54. The quantitative estimate of drug-likeness (QED) is 0.0901. The average molecular weight is 573 g/mol. The molecular formula is C30H14Cl2O8. The van der Waals surface area contributed by atoms with Gasteiger partial charge in [-0.1, -0.05) is 23.2 Å². The number of aromatic hydroxyl groups is 6. The molecule has 8 aromatic carbocycles. The van der Waals surface area contributed by atoms with E-state index < -0.39 is 45.4 Å². The number of hydrogen-bond donors (Lipinski definition) is 6. The van der Waals surface area contributed by atoms with Crippen molar-refractivity contribution in [1.29, 1.82) is 0 Å². The van der Waals surface area contributed by atoms with E-state index in [1.54, 1.807) is 13.8 Å². The lowest BCUT2D eigenvalue weighted by molar-refractivity contribution is 0.458. The summed E-state index contributed by atoms with van der Waals surface area (Å²) >= 11 is 13.2. The summed E-state index contributed by atoms with van der Waals surface area (Å²) in [7, 11) is 0. The molecule has 10 heteroatoms. The summed E-state index contributed by atoms with van der Waals surface area (Å²) in [6.45, 7) is 3.28. The van der Waals surface area contributed by atoms with Crippen LogP contribution in [0.15, 0.2) is 21.7 Å². The van der Waals surface area contributed by atoms with Crippen LogP contribution >= 0.6 is 23.2 Å². The molecule has 0 aliphatic carbocycles. The molecule has 8 rings (SSSR count). The highest BCUT2D eigenvalue weighted by molar-refractivity contribution is 6.53. The fraction of sp³-hybridized carbons (Fsp3) is 0.0667. The first kappa shape index (κ1) is 23.2. The molecule has 0 fully saturated rings. The third kappa shape index (κ3) is 2.15. The van der Waals surface area contributed by atoms with Crippen molar-refractivity contribution in [1.82, 2.24) is 0 Å². The minimum absolute atomic E-state index is 0.0543. The molecule has 0 radical (unpaired) electrons.